The van der Waals surface area contributed by atoms with Crippen LogP contribution in [-0.4, -0.2) is 36.3 Å². The maximum Gasteiger partial charge on any atom is 0.228 e. The van der Waals surface area contributed by atoms with Crippen LogP contribution < -0.4 is 0 Å². The summed E-state index contributed by atoms with van der Waals surface area (Å²) in [5.41, 5.74) is 1.51. The fourth-order valence-electron chi connectivity index (χ4n) is 4.67. The first-order chi connectivity index (χ1) is 16.9. The van der Waals surface area contributed by atoms with E-state index in [1.807, 2.05) is 60.7 Å². The molecule has 11 heteroatoms. The van der Waals surface area contributed by atoms with Gasteiger partial charge in [0.25, 0.3) is 0 Å². The number of hydrogen-bond donors (Lipinski definition) is 0. The number of benzene rings is 2. The molecule has 2 aliphatic carbocycles. The van der Waals surface area contributed by atoms with Gasteiger partial charge in [0.2, 0.25) is 20.0 Å². The average molecular weight is 573 g/mol. The molecule has 0 unspecified atom stereocenters. The molecule has 0 bridgehead atoms. The van der Waals surface area contributed by atoms with Gasteiger partial charge < -0.3 is 0 Å². The fourth-order valence-corrected chi connectivity index (χ4v) is 14.9. The standard InChI is InChI=1S/C24H32N2O4S5/c27-34(28,19-21-11-3-1-4-12-21)25(23-15-7-8-16-23)31-33-32-26(24-17-9-10-18-24)35(29,30)20-22-13-5-2-6-14-22/h1-6,11-14,23-24H,7-10,15-20H2. The Bertz CT molecular complexity index is 1040. The molecule has 2 aromatic carbocycles. The smallest absolute Gasteiger partial charge is 0.211 e. The molecule has 2 aromatic rings. The Morgan fingerprint density at radius 3 is 1.29 bits per heavy atom. The molecule has 0 atom stereocenters. The van der Waals surface area contributed by atoms with Crippen molar-refractivity contribution >= 4 is 51.8 Å². The zero-order valence-corrected chi connectivity index (χ0v) is 23.7. The van der Waals surface area contributed by atoms with Crippen LogP contribution in [0.4, 0.5) is 0 Å². The van der Waals surface area contributed by atoms with Crippen LogP contribution in [0.2, 0.25) is 0 Å². The van der Waals surface area contributed by atoms with Gasteiger partial charge in [-0.2, -0.15) is 0 Å². The van der Waals surface area contributed by atoms with Crippen molar-refractivity contribution in [1.29, 1.82) is 0 Å². The quantitative estimate of drug-likeness (QED) is 0.215. The maximum absolute atomic E-state index is 13.4. The molecule has 2 saturated carbocycles. The molecule has 0 saturated heterocycles. The zero-order valence-electron chi connectivity index (χ0n) is 19.6. The number of sulfonamides is 2. The normalized spacial score (nSPS) is 18.1. The molecule has 0 heterocycles. The molecule has 0 N–H and O–H groups in total. The highest BCUT2D eigenvalue weighted by molar-refractivity contribution is 9.09. The van der Waals surface area contributed by atoms with Gasteiger partial charge in [-0.25, -0.2) is 16.8 Å². The van der Waals surface area contributed by atoms with Crippen molar-refractivity contribution in [2.24, 2.45) is 0 Å². The molecule has 2 fully saturated rings. The number of hydrogen-bond acceptors (Lipinski definition) is 7. The van der Waals surface area contributed by atoms with Crippen LogP contribution in [0, 0.1) is 0 Å². The van der Waals surface area contributed by atoms with E-state index >= 15 is 0 Å². The van der Waals surface area contributed by atoms with Crippen LogP contribution in [0.3, 0.4) is 0 Å². The molecule has 0 amide bonds. The predicted molar refractivity (Wildman–Crippen MR) is 149 cm³/mol. The predicted octanol–water partition coefficient (Wildman–Crippen LogP) is 6.40. The maximum atomic E-state index is 13.4. The summed E-state index contributed by atoms with van der Waals surface area (Å²) in [7, 11) is -3.54. The summed E-state index contributed by atoms with van der Waals surface area (Å²) >= 11 is 0. The SMILES string of the molecule is O=S(=O)(Cc1ccccc1)N(SSSN(C1CCCC1)S(=O)(=O)Cc1ccccc1)C1CCCC1. The van der Waals surface area contributed by atoms with Crippen molar-refractivity contribution < 1.29 is 16.8 Å². The van der Waals surface area contributed by atoms with E-state index in [0.29, 0.717) is 0 Å². The van der Waals surface area contributed by atoms with Gasteiger partial charge in [-0.15, -0.1) is 7.42 Å². The summed E-state index contributed by atoms with van der Waals surface area (Å²) in [6, 6.07) is 18.3. The zero-order chi connectivity index (χ0) is 24.7. The number of rotatable bonds is 12. The average Bonchev–Trinajstić information content (AvgIpc) is 3.54. The summed E-state index contributed by atoms with van der Waals surface area (Å²) in [5, 5.41) is 0. The third-order valence-electron chi connectivity index (χ3n) is 6.39. The first kappa shape index (κ1) is 27.3. The van der Waals surface area contributed by atoms with Crippen molar-refractivity contribution in [3.05, 3.63) is 71.8 Å². The molecular formula is C24H32N2O4S5. The summed E-state index contributed by atoms with van der Waals surface area (Å²) in [6.07, 6.45) is 7.41. The molecule has 35 heavy (non-hydrogen) atoms. The van der Waals surface area contributed by atoms with E-state index in [1.54, 1.807) is 7.42 Å². The summed E-state index contributed by atoms with van der Waals surface area (Å²) in [6.45, 7) is 0. The summed E-state index contributed by atoms with van der Waals surface area (Å²) < 4.78 is 56.7. The Morgan fingerprint density at radius 1 is 0.600 bits per heavy atom. The van der Waals surface area contributed by atoms with E-state index in [0.717, 1.165) is 62.5 Å². The van der Waals surface area contributed by atoms with Crippen LogP contribution in [0.1, 0.15) is 62.5 Å². The lowest BCUT2D eigenvalue weighted by Crippen LogP contribution is -2.34. The second kappa shape index (κ2) is 12.7. The minimum atomic E-state index is -3.57. The Kier molecular flexibility index (Phi) is 9.93. The Balaban J connectivity index is 1.47. The monoisotopic (exact) mass is 572 g/mol. The highest BCUT2D eigenvalue weighted by Gasteiger charge is 2.36. The molecule has 4 rings (SSSR count). The van der Waals surface area contributed by atoms with E-state index in [2.05, 4.69) is 0 Å². The van der Waals surface area contributed by atoms with Gasteiger partial charge in [0, 0.05) is 43.9 Å². The second-order valence-electron chi connectivity index (χ2n) is 9.09. The lowest BCUT2D eigenvalue weighted by atomic mass is 10.2. The largest absolute Gasteiger partial charge is 0.228 e. The van der Waals surface area contributed by atoms with Gasteiger partial charge in [-0.05, 0) is 36.8 Å². The van der Waals surface area contributed by atoms with Gasteiger partial charge in [0.1, 0.15) is 0 Å². The van der Waals surface area contributed by atoms with Crippen LogP contribution in [0.15, 0.2) is 60.7 Å². The minimum absolute atomic E-state index is 0.0531. The van der Waals surface area contributed by atoms with Crippen molar-refractivity contribution in [3.63, 3.8) is 0 Å². The first-order valence-corrected chi connectivity index (χ1v) is 18.6. The van der Waals surface area contributed by atoms with Crippen molar-refractivity contribution in [2.45, 2.75) is 75.0 Å². The third kappa shape index (κ3) is 7.66. The topological polar surface area (TPSA) is 74.8 Å². The van der Waals surface area contributed by atoms with Gasteiger partial charge in [-0.1, -0.05) is 86.3 Å². The van der Waals surface area contributed by atoms with Crippen molar-refractivity contribution in [2.75, 3.05) is 0 Å². The van der Waals surface area contributed by atoms with Gasteiger partial charge >= 0.3 is 0 Å². The van der Waals surface area contributed by atoms with E-state index in [9.17, 15) is 16.8 Å². The molecule has 2 aliphatic rings. The van der Waals surface area contributed by atoms with E-state index in [-0.39, 0.29) is 23.6 Å². The molecule has 0 aromatic heterocycles. The lowest BCUT2D eigenvalue weighted by molar-refractivity contribution is 0.465. The molecule has 0 aliphatic heterocycles. The minimum Gasteiger partial charge on any atom is -0.211 e. The van der Waals surface area contributed by atoms with Crippen LogP contribution in [0.5, 0.6) is 0 Å². The van der Waals surface area contributed by atoms with Crippen LogP contribution in [0.25, 0.3) is 0 Å². The molecule has 192 valence electrons. The van der Waals surface area contributed by atoms with Crippen molar-refractivity contribution in [3.8, 4) is 0 Å². The van der Waals surface area contributed by atoms with Gasteiger partial charge in [-0.3, -0.25) is 0 Å². The van der Waals surface area contributed by atoms with Gasteiger partial charge in [0.05, 0.1) is 11.5 Å². The Hall–Kier alpha value is -0.690. The summed E-state index contributed by atoms with van der Waals surface area (Å²) in [4.78, 5) is 0. The lowest BCUT2D eigenvalue weighted by Gasteiger charge is -2.29. The molecule has 0 radical (unpaired) electrons. The second-order valence-corrected chi connectivity index (χ2v) is 17.0. The summed E-state index contributed by atoms with van der Waals surface area (Å²) in [5.74, 6) is -0.109. The fraction of sp³-hybridized carbons (Fsp3) is 0.500. The van der Waals surface area contributed by atoms with E-state index in [4.69, 9.17) is 0 Å². The highest BCUT2D eigenvalue weighted by atomic mass is 33.5. The van der Waals surface area contributed by atoms with E-state index in [1.165, 1.54) is 31.8 Å². The molecule has 0 spiro atoms. The molecular weight excluding hydrogens is 541 g/mol. The van der Waals surface area contributed by atoms with Crippen LogP contribution >= 0.6 is 31.8 Å². The molecule has 6 nitrogen and oxygen atoms in total. The first-order valence-electron chi connectivity index (χ1n) is 12.0. The Labute approximate surface area is 221 Å². The third-order valence-corrected chi connectivity index (χ3v) is 15.3. The number of nitrogens with zero attached hydrogens (tertiary/aromatic N) is 2. The van der Waals surface area contributed by atoms with E-state index < -0.39 is 20.0 Å². The van der Waals surface area contributed by atoms with Gasteiger partial charge in [0.15, 0.2) is 0 Å². The van der Waals surface area contributed by atoms with Crippen LogP contribution in [-0.2, 0) is 31.6 Å². The van der Waals surface area contributed by atoms with Crippen molar-refractivity contribution in [1.82, 2.24) is 7.42 Å². The highest BCUT2D eigenvalue weighted by Crippen LogP contribution is 2.47. The Morgan fingerprint density at radius 2 is 0.943 bits per heavy atom.